The molecule has 4 nitrogen and oxygen atoms in total. The molecule has 0 aliphatic carbocycles. The molecule has 0 saturated carbocycles. The van der Waals surface area contributed by atoms with Crippen molar-refractivity contribution in [2.75, 3.05) is 6.61 Å². The summed E-state index contributed by atoms with van der Waals surface area (Å²) in [5.74, 6) is 0. The third kappa shape index (κ3) is 5.13. The number of carbonyl (C=O) groups is 1. The minimum atomic E-state index is -0.491. The van der Waals surface area contributed by atoms with Crippen molar-refractivity contribution in [2.24, 2.45) is 0 Å². The van der Waals surface area contributed by atoms with Crippen molar-refractivity contribution in [3.8, 4) is 0 Å². The van der Waals surface area contributed by atoms with Crippen LogP contribution in [-0.2, 0) is 15.9 Å². The van der Waals surface area contributed by atoms with E-state index in [2.05, 4.69) is 21.2 Å². The molecule has 20 heavy (non-hydrogen) atoms. The van der Waals surface area contributed by atoms with Gasteiger partial charge in [0.2, 0.25) is 0 Å². The fourth-order valence-electron chi connectivity index (χ4n) is 1.94. The topological polar surface area (TPSA) is 50.9 Å². The van der Waals surface area contributed by atoms with Crippen molar-refractivity contribution in [3.05, 3.63) is 34.3 Å². The molecule has 1 N–H and O–H groups in total. The first-order valence-electron chi connectivity index (χ1n) is 6.69. The van der Waals surface area contributed by atoms with Gasteiger partial charge in [0.05, 0.1) is 12.6 Å². The summed E-state index contributed by atoms with van der Waals surface area (Å²) >= 11 is 3.45. The first kappa shape index (κ1) is 15.3. The zero-order valence-electron chi connectivity index (χ0n) is 12.0. The van der Waals surface area contributed by atoms with Gasteiger partial charge in [-0.3, -0.25) is 0 Å². The Hall–Kier alpha value is -1.07. The lowest BCUT2D eigenvalue weighted by Gasteiger charge is -2.23. The molecule has 0 aromatic heterocycles. The molecule has 2 unspecified atom stereocenters. The Morgan fingerprint density at radius 2 is 2.25 bits per heavy atom. The monoisotopic (exact) mass is 341 g/mol. The predicted molar refractivity (Wildman–Crippen MR) is 80.7 cm³/mol. The number of carbonyl (C=O) groups excluding carboxylic acids is 1. The second-order valence-electron chi connectivity index (χ2n) is 5.96. The van der Waals surface area contributed by atoms with Crippen molar-refractivity contribution in [2.45, 2.75) is 44.9 Å². The predicted octanol–water partition coefficient (Wildman–Crippen LogP) is 3.28. The van der Waals surface area contributed by atoms with Crippen LogP contribution in [0.5, 0.6) is 0 Å². The van der Waals surface area contributed by atoms with Gasteiger partial charge < -0.3 is 14.8 Å². The molecule has 2 rings (SSSR count). The summed E-state index contributed by atoms with van der Waals surface area (Å²) < 4.78 is 11.6. The first-order chi connectivity index (χ1) is 9.33. The van der Waals surface area contributed by atoms with Crippen molar-refractivity contribution >= 4 is 22.0 Å². The Morgan fingerprint density at radius 1 is 1.55 bits per heavy atom. The van der Waals surface area contributed by atoms with E-state index in [4.69, 9.17) is 9.47 Å². The van der Waals surface area contributed by atoms with Gasteiger partial charge in [0.15, 0.2) is 0 Å². The summed E-state index contributed by atoms with van der Waals surface area (Å²) in [7, 11) is 0. The number of benzene rings is 1. The van der Waals surface area contributed by atoms with Crippen molar-refractivity contribution < 1.29 is 14.3 Å². The molecule has 1 aliphatic rings. The van der Waals surface area contributed by atoms with Gasteiger partial charge in [0.1, 0.15) is 11.7 Å². The normalized spacial score (nSPS) is 19.3. The number of rotatable bonds is 4. The van der Waals surface area contributed by atoms with Gasteiger partial charge in [-0.1, -0.05) is 28.1 Å². The van der Waals surface area contributed by atoms with Gasteiger partial charge in [-0.25, -0.2) is 4.79 Å². The Morgan fingerprint density at radius 3 is 2.80 bits per heavy atom. The molecule has 0 radical (unpaired) electrons. The SMILES string of the molecule is CC(C)(C)OC(=O)NC(Cc1cccc(Br)c1)C1CO1. The fraction of sp³-hybridized carbons (Fsp3) is 0.533. The molecule has 0 spiro atoms. The average molecular weight is 342 g/mol. The fourth-order valence-corrected chi connectivity index (χ4v) is 2.39. The van der Waals surface area contributed by atoms with Crippen LogP contribution in [0.1, 0.15) is 26.3 Å². The van der Waals surface area contributed by atoms with Crippen molar-refractivity contribution in [1.29, 1.82) is 0 Å². The number of amides is 1. The second kappa shape index (κ2) is 6.14. The van der Waals surface area contributed by atoms with Crippen LogP contribution in [0.15, 0.2) is 28.7 Å². The molecule has 1 saturated heterocycles. The van der Waals surface area contributed by atoms with Gasteiger partial charge in [-0.15, -0.1) is 0 Å². The Labute approximate surface area is 128 Å². The maximum atomic E-state index is 11.9. The number of nitrogens with one attached hydrogen (secondary N) is 1. The lowest BCUT2D eigenvalue weighted by molar-refractivity contribution is 0.0495. The Kier molecular flexibility index (Phi) is 4.70. The molecule has 1 heterocycles. The van der Waals surface area contributed by atoms with E-state index in [1.54, 1.807) is 0 Å². The highest BCUT2D eigenvalue weighted by atomic mass is 79.9. The molecular weight excluding hydrogens is 322 g/mol. The van der Waals surface area contributed by atoms with Crippen LogP contribution in [0.4, 0.5) is 4.79 Å². The molecule has 1 aliphatic heterocycles. The van der Waals surface area contributed by atoms with E-state index in [9.17, 15) is 4.79 Å². The van der Waals surface area contributed by atoms with E-state index in [1.165, 1.54) is 0 Å². The van der Waals surface area contributed by atoms with E-state index in [-0.39, 0.29) is 12.1 Å². The standard InChI is InChI=1S/C15H20BrNO3/c1-15(2,3)20-14(18)17-12(13-9-19-13)8-10-5-4-6-11(16)7-10/h4-7,12-13H,8-9H2,1-3H3,(H,17,18). The van der Waals surface area contributed by atoms with Crippen LogP contribution in [0.25, 0.3) is 0 Å². The molecule has 2 atom stereocenters. The van der Waals surface area contributed by atoms with Gasteiger partial charge in [-0.2, -0.15) is 0 Å². The molecule has 0 bridgehead atoms. The molecule has 1 fully saturated rings. The lowest BCUT2D eigenvalue weighted by Crippen LogP contribution is -2.43. The highest BCUT2D eigenvalue weighted by Crippen LogP contribution is 2.20. The first-order valence-corrected chi connectivity index (χ1v) is 7.48. The summed E-state index contributed by atoms with van der Waals surface area (Å²) in [5.41, 5.74) is 0.658. The van der Waals surface area contributed by atoms with Crippen LogP contribution < -0.4 is 5.32 Å². The summed E-state index contributed by atoms with van der Waals surface area (Å²) in [4.78, 5) is 11.9. The molecule has 5 heteroatoms. The summed E-state index contributed by atoms with van der Waals surface area (Å²) in [6, 6.07) is 7.99. The largest absolute Gasteiger partial charge is 0.444 e. The number of hydrogen-bond acceptors (Lipinski definition) is 3. The molecule has 1 amide bonds. The lowest BCUT2D eigenvalue weighted by atomic mass is 10.0. The van der Waals surface area contributed by atoms with E-state index < -0.39 is 11.7 Å². The zero-order chi connectivity index (χ0) is 14.8. The average Bonchev–Trinajstić information content (AvgIpc) is 3.09. The van der Waals surface area contributed by atoms with Gasteiger partial charge in [0, 0.05) is 4.47 Å². The number of ether oxygens (including phenoxy) is 2. The molecule has 110 valence electrons. The highest BCUT2D eigenvalue weighted by Gasteiger charge is 2.34. The van der Waals surface area contributed by atoms with E-state index in [0.717, 1.165) is 16.5 Å². The minimum absolute atomic E-state index is 0.0563. The Balaban J connectivity index is 1.96. The third-order valence-electron chi connectivity index (χ3n) is 2.85. The highest BCUT2D eigenvalue weighted by molar-refractivity contribution is 9.10. The number of halogens is 1. The molecule has 1 aromatic rings. The van der Waals surface area contributed by atoms with E-state index >= 15 is 0 Å². The minimum Gasteiger partial charge on any atom is -0.444 e. The number of hydrogen-bond donors (Lipinski definition) is 1. The van der Waals surface area contributed by atoms with Crippen LogP contribution >= 0.6 is 15.9 Å². The second-order valence-corrected chi connectivity index (χ2v) is 6.87. The quantitative estimate of drug-likeness (QED) is 0.855. The molecule has 1 aromatic carbocycles. The molecular formula is C15H20BrNO3. The van der Waals surface area contributed by atoms with E-state index in [0.29, 0.717) is 6.61 Å². The van der Waals surface area contributed by atoms with Crippen LogP contribution in [-0.4, -0.2) is 30.4 Å². The van der Waals surface area contributed by atoms with Gasteiger partial charge in [-0.05, 0) is 44.9 Å². The summed E-state index contributed by atoms with van der Waals surface area (Å²) in [5, 5.41) is 2.90. The Bertz CT molecular complexity index is 480. The van der Waals surface area contributed by atoms with Gasteiger partial charge >= 0.3 is 6.09 Å². The third-order valence-corrected chi connectivity index (χ3v) is 3.35. The van der Waals surface area contributed by atoms with Crippen LogP contribution in [0.2, 0.25) is 0 Å². The summed E-state index contributed by atoms with van der Waals surface area (Å²) in [6.07, 6.45) is 0.415. The van der Waals surface area contributed by atoms with E-state index in [1.807, 2.05) is 45.0 Å². The summed E-state index contributed by atoms with van der Waals surface area (Å²) in [6.45, 7) is 6.24. The number of alkyl carbamates (subject to hydrolysis) is 1. The van der Waals surface area contributed by atoms with Crippen LogP contribution in [0.3, 0.4) is 0 Å². The van der Waals surface area contributed by atoms with Gasteiger partial charge in [0.25, 0.3) is 0 Å². The smallest absolute Gasteiger partial charge is 0.407 e. The van der Waals surface area contributed by atoms with Crippen molar-refractivity contribution in [1.82, 2.24) is 5.32 Å². The van der Waals surface area contributed by atoms with Crippen LogP contribution in [0, 0.1) is 0 Å². The maximum absolute atomic E-state index is 11.9. The maximum Gasteiger partial charge on any atom is 0.407 e. The number of epoxide rings is 1. The van der Waals surface area contributed by atoms with Crippen molar-refractivity contribution in [3.63, 3.8) is 0 Å². The zero-order valence-corrected chi connectivity index (χ0v) is 13.6.